The summed E-state index contributed by atoms with van der Waals surface area (Å²) in [5, 5.41) is 10.5. The average Bonchev–Trinajstić information content (AvgIpc) is 2.67. The van der Waals surface area contributed by atoms with Crippen molar-refractivity contribution in [2.24, 2.45) is 12.8 Å². The van der Waals surface area contributed by atoms with Gasteiger partial charge in [-0.05, 0) is 42.7 Å². The number of para-hydroxylation sites is 1. The highest BCUT2D eigenvalue weighted by atomic mass is 16.5. The molecule has 1 aliphatic rings. The monoisotopic (exact) mass is 357 g/mol. The molecule has 0 bridgehead atoms. The Morgan fingerprint density at radius 3 is 2.59 bits per heavy atom. The number of fused-ring (bicyclic) bond motifs is 3. The summed E-state index contributed by atoms with van der Waals surface area (Å²) >= 11 is 0. The molecule has 5 heteroatoms. The van der Waals surface area contributed by atoms with Crippen LogP contribution in [-0.2, 0) is 7.05 Å². The largest absolute Gasteiger partial charge is 0.439 e. The van der Waals surface area contributed by atoms with Gasteiger partial charge in [0, 0.05) is 12.4 Å². The van der Waals surface area contributed by atoms with Gasteiger partial charge in [-0.3, -0.25) is 4.79 Å². The number of benzene rings is 2. The van der Waals surface area contributed by atoms with Crippen LogP contribution in [0.2, 0.25) is 0 Å². The van der Waals surface area contributed by atoms with Crippen molar-refractivity contribution in [2.45, 2.75) is 19.8 Å². The van der Waals surface area contributed by atoms with Crippen molar-refractivity contribution in [3.05, 3.63) is 86.5 Å². The average molecular weight is 357 g/mol. The normalized spacial score (nSPS) is 16.0. The third-order valence-electron chi connectivity index (χ3n) is 5.33. The molecule has 5 nitrogen and oxygen atoms in total. The number of nitrogens with zero attached hydrogens (tertiary/aromatic N) is 2. The zero-order valence-corrected chi connectivity index (χ0v) is 15.4. The lowest BCUT2D eigenvalue weighted by Crippen LogP contribution is -2.31. The van der Waals surface area contributed by atoms with E-state index in [2.05, 4.69) is 6.07 Å². The Bertz CT molecular complexity index is 1230. The molecule has 3 aromatic rings. The van der Waals surface area contributed by atoms with Crippen LogP contribution in [-0.4, -0.2) is 4.57 Å². The summed E-state index contributed by atoms with van der Waals surface area (Å²) in [6.07, 6.45) is 0. The van der Waals surface area contributed by atoms with Gasteiger partial charge in [0.2, 0.25) is 5.88 Å². The van der Waals surface area contributed by atoms with Gasteiger partial charge in [-0.15, -0.1) is 0 Å². The molecule has 134 valence electrons. The van der Waals surface area contributed by atoms with E-state index < -0.39 is 5.92 Å². The summed E-state index contributed by atoms with van der Waals surface area (Å²) in [5.41, 5.74) is 10.5. The van der Waals surface area contributed by atoms with Crippen LogP contribution < -0.4 is 16.0 Å². The molecule has 4 rings (SSSR count). The Morgan fingerprint density at radius 2 is 1.89 bits per heavy atom. The van der Waals surface area contributed by atoms with Gasteiger partial charge in [0.25, 0.3) is 5.56 Å². The van der Waals surface area contributed by atoms with Crippen LogP contribution in [0.5, 0.6) is 5.75 Å². The van der Waals surface area contributed by atoms with Crippen molar-refractivity contribution >= 4 is 10.9 Å². The first-order valence-electron chi connectivity index (χ1n) is 8.70. The number of allylic oxidation sites excluding steroid dienone is 1. The van der Waals surface area contributed by atoms with Crippen molar-refractivity contribution in [2.75, 3.05) is 0 Å². The topological polar surface area (TPSA) is 81.0 Å². The van der Waals surface area contributed by atoms with E-state index in [1.807, 2.05) is 56.3 Å². The Balaban J connectivity index is 2.13. The Hall–Kier alpha value is -3.52. The highest BCUT2D eigenvalue weighted by Crippen LogP contribution is 2.43. The van der Waals surface area contributed by atoms with Crippen LogP contribution in [0.15, 0.2) is 58.7 Å². The maximum Gasteiger partial charge on any atom is 0.258 e. The molecule has 2 N–H and O–H groups in total. The van der Waals surface area contributed by atoms with Crippen molar-refractivity contribution < 1.29 is 4.74 Å². The predicted octanol–water partition coefficient (Wildman–Crippen LogP) is 3.37. The number of aryl methyl sites for hydroxylation is 3. The number of hydrogen-bond donors (Lipinski definition) is 1. The van der Waals surface area contributed by atoms with Crippen molar-refractivity contribution in [3.63, 3.8) is 0 Å². The fourth-order valence-electron chi connectivity index (χ4n) is 3.70. The highest BCUT2D eigenvalue weighted by Gasteiger charge is 2.35. The number of pyridine rings is 1. The van der Waals surface area contributed by atoms with Crippen LogP contribution in [0.25, 0.3) is 10.9 Å². The molecule has 0 radical (unpaired) electrons. The summed E-state index contributed by atoms with van der Waals surface area (Å²) in [6.45, 7) is 4.04. The lowest BCUT2D eigenvalue weighted by Gasteiger charge is -2.28. The maximum absolute atomic E-state index is 13.2. The third-order valence-corrected chi connectivity index (χ3v) is 5.33. The van der Waals surface area contributed by atoms with Crippen LogP contribution >= 0.6 is 0 Å². The molecular weight excluding hydrogens is 338 g/mol. The highest BCUT2D eigenvalue weighted by molar-refractivity contribution is 5.88. The molecule has 0 aliphatic carbocycles. The first-order valence-corrected chi connectivity index (χ1v) is 8.70. The third kappa shape index (κ3) is 2.42. The quantitative estimate of drug-likeness (QED) is 0.724. The minimum Gasteiger partial charge on any atom is -0.439 e. The summed E-state index contributed by atoms with van der Waals surface area (Å²) < 4.78 is 7.41. The fourth-order valence-corrected chi connectivity index (χ4v) is 3.70. The molecule has 27 heavy (non-hydrogen) atoms. The van der Waals surface area contributed by atoms with Gasteiger partial charge in [-0.1, -0.05) is 30.3 Å². The summed E-state index contributed by atoms with van der Waals surface area (Å²) in [7, 11) is 1.73. The zero-order chi connectivity index (χ0) is 19.3. The van der Waals surface area contributed by atoms with Gasteiger partial charge in [-0.2, -0.15) is 5.26 Å². The molecule has 0 amide bonds. The van der Waals surface area contributed by atoms with E-state index in [0.717, 1.165) is 27.6 Å². The lowest BCUT2D eigenvalue weighted by atomic mass is 9.82. The van der Waals surface area contributed by atoms with Gasteiger partial charge in [0.1, 0.15) is 17.4 Å². The second-order valence-electron chi connectivity index (χ2n) is 6.89. The second-order valence-corrected chi connectivity index (χ2v) is 6.89. The molecule has 0 spiro atoms. The van der Waals surface area contributed by atoms with E-state index in [1.54, 1.807) is 11.6 Å². The molecule has 1 aliphatic heterocycles. The molecule has 0 saturated heterocycles. The van der Waals surface area contributed by atoms with Gasteiger partial charge in [-0.25, -0.2) is 0 Å². The van der Waals surface area contributed by atoms with Crippen LogP contribution in [0.4, 0.5) is 0 Å². The van der Waals surface area contributed by atoms with Crippen LogP contribution in [0.3, 0.4) is 0 Å². The Morgan fingerprint density at radius 1 is 1.15 bits per heavy atom. The van der Waals surface area contributed by atoms with Crippen LogP contribution in [0, 0.1) is 25.2 Å². The van der Waals surface area contributed by atoms with Crippen molar-refractivity contribution in [1.29, 1.82) is 5.26 Å². The van der Waals surface area contributed by atoms with Crippen molar-refractivity contribution in [1.82, 2.24) is 4.57 Å². The van der Waals surface area contributed by atoms with E-state index in [-0.39, 0.29) is 17.0 Å². The molecule has 2 heterocycles. The molecule has 0 fully saturated rings. The van der Waals surface area contributed by atoms with E-state index in [0.29, 0.717) is 11.3 Å². The fraction of sp³-hybridized carbons (Fsp3) is 0.182. The number of aromatic nitrogens is 1. The van der Waals surface area contributed by atoms with E-state index in [1.165, 1.54) is 0 Å². The Labute approximate surface area is 156 Å². The van der Waals surface area contributed by atoms with Gasteiger partial charge < -0.3 is 15.0 Å². The smallest absolute Gasteiger partial charge is 0.258 e. The summed E-state index contributed by atoms with van der Waals surface area (Å²) in [5.74, 6) is -0.0681. The van der Waals surface area contributed by atoms with Gasteiger partial charge >= 0.3 is 0 Å². The lowest BCUT2D eigenvalue weighted by molar-refractivity contribution is 0.396. The molecule has 2 aromatic carbocycles. The molecule has 1 aromatic heterocycles. The van der Waals surface area contributed by atoms with E-state index >= 15 is 0 Å². The summed E-state index contributed by atoms with van der Waals surface area (Å²) in [4.78, 5) is 13.2. The second kappa shape index (κ2) is 6.03. The molecule has 1 atom stereocenters. The molecule has 0 unspecified atom stereocenters. The predicted molar refractivity (Wildman–Crippen MR) is 104 cm³/mol. The minimum absolute atomic E-state index is 0.0478. The number of rotatable bonds is 1. The molecular formula is C22H19N3O2. The maximum atomic E-state index is 13.2. The molecule has 0 saturated carbocycles. The standard InChI is InChI=1S/C22H19N3O2/c1-12-8-9-14(10-13(12)2)18-16(11-23)21(24)27-20-15-6-4-5-7-17(15)25(3)22(26)19(18)20/h4-10,18H,24H2,1-3H3/t18-/m1/s1. The van der Waals surface area contributed by atoms with Crippen molar-refractivity contribution in [3.8, 4) is 11.8 Å². The van der Waals surface area contributed by atoms with Gasteiger partial charge in [0.15, 0.2) is 0 Å². The number of hydrogen-bond acceptors (Lipinski definition) is 4. The first-order chi connectivity index (χ1) is 12.9. The number of nitriles is 1. The van der Waals surface area contributed by atoms with Gasteiger partial charge in [0.05, 0.1) is 17.0 Å². The number of nitrogens with two attached hydrogens (primary N) is 1. The Kier molecular flexibility index (Phi) is 3.78. The van der Waals surface area contributed by atoms with E-state index in [4.69, 9.17) is 10.5 Å². The van der Waals surface area contributed by atoms with Crippen LogP contribution in [0.1, 0.15) is 28.2 Å². The summed E-state index contributed by atoms with van der Waals surface area (Å²) in [6, 6.07) is 15.6. The minimum atomic E-state index is -0.554. The SMILES string of the molecule is Cc1ccc([C@@H]2C(C#N)=C(N)Oc3c2c(=O)n(C)c2ccccc32)cc1C. The zero-order valence-electron chi connectivity index (χ0n) is 15.4. The number of ether oxygens (including phenoxy) is 1. The van der Waals surface area contributed by atoms with E-state index in [9.17, 15) is 10.1 Å². The first kappa shape index (κ1) is 16.9.